The molecule has 0 saturated heterocycles. The second-order valence-electron chi connectivity index (χ2n) is 7.00. The molecule has 5 rings (SSSR count). The summed E-state index contributed by atoms with van der Waals surface area (Å²) in [6, 6.07) is 16.2. The monoisotopic (exact) mass is 432 g/mol. The number of nitrogens with one attached hydrogen (secondary N) is 1. The molecule has 1 N–H and O–H groups in total. The average Bonchev–Trinajstić information content (AvgIpc) is 3.39. The lowest BCUT2D eigenvalue weighted by molar-refractivity contribution is -0.113. The van der Waals surface area contributed by atoms with Crippen LogP contribution in [0.2, 0.25) is 0 Å². The van der Waals surface area contributed by atoms with E-state index in [0.29, 0.717) is 16.5 Å². The van der Waals surface area contributed by atoms with Gasteiger partial charge in [-0.3, -0.25) is 9.20 Å². The van der Waals surface area contributed by atoms with Crippen LogP contribution < -0.4 is 5.32 Å². The van der Waals surface area contributed by atoms with Crippen molar-refractivity contribution in [3.8, 4) is 11.3 Å². The van der Waals surface area contributed by atoms with Gasteiger partial charge in [-0.25, -0.2) is 8.91 Å². The number of hydrogen-bond donors (Lipinski definition) is 1. The Balaban J connectivity index is 1.37. The maximum atomic E-state index is 13.4. The molecule has 2 aromatic carbocycles. The summed E-state index contributed by atoms with van der Waals surface area (Å²) in [6.45, 7) is 1.81. The third kappa shape index (κ3) is 3.75. The third-order valence-electron chi connectivity index (χ3n) is 4.86. The summed E-state index contributed by atoms with van der Waals surface area (Å²) in [5.41, 5.74) is 4.59. The fraction of sp³-hybridized carbons (Fsp3) is 0.0909. The minimum absolute atomic E-state index is 0.121. The zero-order valence-corrected chi connectivity index (χ0v) is 17.3. The molecule has 0 radical (unpaired) electrons. The van der Waals surface area contributed by atoms with Gasteiger partial charge >= 0.3 is 0 Å². The standard InChI is InChI=1S/C22H17FN6OS/c1-14-7-8-16(23)11-17(14)24-20(30)13-31-22-26-25-21-19-12-18(15-5-3-2-4-6-15)27-29(19)10-9-28(21)22/h2-12H,13H2,1H3,(H,24,30). The Morgan fingerprint density at radius 1 is 1.10 bits per heavy atom. The van der Waals surface area contributed by atoms with Gasteiger partial charge in [-0.05, 0) is 30.7 Å². The molecule has 0 aliphatic heterocycles. The third-order valence-corrected chi connectivity index (χ3v) is 5.80. The van der Waals surface area contributed by atoms with Crippen molar-refractivity contribution < 1.29 is 9.18 Å². The summed E-state index contributed by atoms with van der Waals surface area (Å²) in [4.78, 5) is 12.4. The Bertz CT molecular complexity index is 1410. The molecule has 154 valence electrons. The predicted molar refractivity (Wildman–Crippen MR) is 118 cm³/mol. The molecular formula is C22H17FN6OS. The Morgan fingerprint density at radius 3 is 2.77 bits per heavy atom. The number of anilines is 1. The van der Waals surface area contributed by atoms with Crippen LogP contribution in [-0.2, 0) is 4.79 Å². The Morgan fingerprint density at radius 2 is 1.94 bits per heavy atom. The first-order valence-electron chi connectivity index (χ1n) is 9.56. The number of nitrogens with zero attached hydrogens (tertiary/aromatic N) is 5. The van der Waals surface area contributed by atoms with E-state index in [1.54, 1.807) is 10.6 Å². The summed E-state index contributed by atoms with van der Waals surface area (Å²) >= 11 is 1.26. The molecule has 0 aliphatic rings. The maximum Gasteiger partial charge on any atom is 0.234 e. The molecule has 7 nitrogen and oxygen atoms in total. The minimum atomic E-state index is -0.392. The lowest BCUT2D eigenvalue weighted by atomic mass is 10.1. The van der Waals surface area contributed by atoms with Gasteiger partial charge in [-0.2, -0.15) is 5.10 Å². The number of carbonyl (C=O) groups excluding carboxylic acids is 1. The van der Waals surface area contributed by atoms with Crippen LogP contribution in [0.25, 0.3) is 22.4 Å². The van der Waals surface area contributed by atoms with E-state index in [0.717, 1.165) is 22.3 Å². The summed E-state index contributed by atoms with van der Waals surface area (Å²) in [6.07, 6.45) is 3.65. The van der Waals surface area contributed by atoms with Gasteiger partial charge in [0.1, 0.15) is 11.3 Å². The summed E-state index contributed by atoms with van der Waals surface area (Å²) < 4.78 is 17.0. The molecular weight excluding hydrogens is 415 g/mol. The van der Waals surface area contributed by atoms with Crippen molar-refractivity contribution >= 4 is 34.5 Å². The Labute approximate surface area is 180 Å². The van der Waals surface area contributed by atoms with Crippen molar-refractivity contribution in [2.45, 2.75) is 12.1 Å². The topological polar surface area (TPSA) is 76.6 Å². The highest BCUT2D eigenvalue weighted by molar-refractivity contribution is 7.99. The largest absolute Gasteiger partial charge is 0.325 e. The number of aromatic nitrogens is 5. The number of amides is 1. The average molecular weight is 432 g/mol. The fourth-order valence-electron chi connectivity index (χ4n) is 3.28. The van der Waals surface area contributed by atoms with E-state index in [4.69, 9.17) is 0 Å². The van der Waals surface area contributed by atoms with Crippen molar-refractivity contribution in [1.29, 1.82) is 0 Å². The first kappa shape index (κ1) is 19.3. The normalized spacial score (nSPS) is 11.3. The second kappa shape index (κ2) is 7.84. The number of aryl methyl sites for hydroxylation is 1. The molecule has 0 fully saturated rings. The highest BCUT2D eigenvalue weighted by Crippen LogP contribution is 2.24. The van der Waals surface area contributed by atoms with Gasteiger partial charge in [0, 0.05) is 23.6 Å². The molecule has 9 heteroatoms. The molecule has 0 spiro atoms. The van der Waals surface area contributed by atoms with Crippen molar-refractivity contribution in [3.63, 3.8) is 0 Å². The van der Waals surface area contributed by atoms with Crippen molar-refractivity contribution in [1.82, 2.24) is 24.2 Å². The number of rotatable bonds is 5. The minimum Gasteiger partial charge on any atom is -0.325 e. The number of benzene rings is 2. The van der Waals surface area contributed by atoms with Crippen molar-refractivity contribution in [3.05, 3.63) is 78.4 Å². The summed E-state index contributed by atoms with van der Waals surface area (Å²) in [5.74, 6) is -0.514. The van der Waals surface area contributed by atoms with Crippen LogP contribution in [0, 0.1) is 12.7 Å². The quantitative estimate of drug-likeness (QED) is 0.421. The van der Waals surface area contributed by atoms with Crippen LogP contribution in [-0.4, -0.2) is 35.9 Å². The maximum absolute atomic E-state index is 13.4. The fourth-order valence-corrected chi connectivity index (χ4v) is 4.00. The zero-order chi connectivity index (χ0) is 21.4. The van der Waals surface area contributed by atoms with Gasteiger partial charge in [0.2, 0.25) is 5.91 Å². The molecule has 0 atom stereocenters. The van der Waals surface area contributed by atoms with Gasteiger partial charge in [-0.15, -0.1) is 10.2 Å². The van der Waals surface area contributed by atoms with Crippen molar-refractivity contribution in [2.75, 3.05) is 11.1 Å². The lowest BCUT2D eigenvalue weighted by Crippen LogP contribution is -2.15. The van der Waals surface area contributed by atoms with E-state index in [9.17, 15) is 9.18 Å². The molecule has 1 amide bonds. The summed E-state index contributed by atoms with van der Waals surface area (Å²) in [5, 5.41) is 16.5. The van der Waals surface area contributed by atoms with E-state index < -0.39 is 5.82 Å². The first-order valence-corrected chi connectivity index (χ1v) is 10.5. The van der Waals surface area contributed by atoms with Gasteiger partial charge in [0.05, 0.1) is 11.4 Å². The van der Waals surface area contributed by atoms with E-state index in [-0.39, 0.29) is 11.7 Å². The Hall–Kier alpha value is -3.72. The molecule has 0 bridgehead atoms. The smallest absolute Gasteiger partial charge is 0.234 e. The van der Waals surface area contributed by atoms with E-state index in [1.807, 2.05) is 60.1 Å². The number of halogens is 1. The molecule has 0 unspecified atom stereocenters. The van der Waals surface area contributed by atoms with Crippen LogP contribution in [0.3, 0.4) is 0 Å². The highest BCUT2D eigenvalue weighted by atomic mass is 32.2. The predicted octanol–water partition coefficient (Wildman–Crippen LogP) is 4.22. The van der Waals surface area contributed by atoms with Gasteiger partial charge in [-0.1, -0.05) is 48.2 Å². The zero-order valence-electron chi connectivity index (χ0n) is 16.5. The summed E-state index contributed by atoms with van der Waals surface area (Å²) in [7, 11) is 0. The van der Waals surface area contributed by atoms with Gasteiger partial charge in [0.25, 0.3) is 0 Å². The van der Waals surface area contributed by atoms with Crippen LogP contribution in [0.4, 0.5) is 10.1 Å². The van der Waals surface area contributed by atoms with Crippen LogP contribution in [0.15, 0.2) is 72.1 Å². The SMILES string of the molecule is Cc1ccc(F)cc1NC(=O)CSc1nnc2c3cc(-c4ccccc4)nn3ccn12. The van der Waals surface area contributed by atoms with Crippen molar-refractivity contribution in [2.24, 2.45) is 0 Å². The number of thioether (sulfide) groups is 1. The highest BCUT2D eigenvalue weighted by Gasteiger charge is 2.14. The molecule has 3 aromatic heterocycles. The second-order valence-corrected chi connectivity index (χ2v) is 7.94. The molecule has 3 heterocycles. The van der Waals surface area contributed by atoms with Crippen LogP contribution in [0.1, 0.15) is 5.56 Å². The Kier molecular flexibility index (Phi) is 4.87. The number of carbonyl (C=O) groups is 1. The molecule has 0 aliphatic carbocycles. The van der Waals surface area contributed by atoms with Crippen LogP contribution in [0.5, 0.6) is 0 Å². The van der Waals surface area contributed by atoms with E-state index >= 15 is 0 Å². The molecule has 31 heavy (non-hydrogen) atoms. The first-order chi connectivity index (χ1) is 15.1. The van der Waals surface area contributed by atoms with E-state index in [1.165, 1.54) is 23.9 Å². The van der Waals surface area contributed by atoms with E-state index in [2.05, 4.69) is 20.6 Å². The van der Waals surface area contributed by atoms with Gasteiger partial charge in [0.15, 0.2) is 10.8 Å². The van der Waals surface area contributed by atoms with Crippen LogP contribution >= 0.6 is 11.8 Å². The number of fused-ring (bicyclic) bond motifs is 3. The van der Waals surface area contributed by atoms with Gasteiger partial charge < -0.3 is 5.32 Å². The molecule has 0 saturated carbocycles. The molecule has 5 aromatic rings. The lowest BCUT2D eigenvalue weighted by Gasteiger charge is -2.08. The number of hydrogen-bond acceptors (Lipinski definition) is 5.